The summed E-state index contributed by atoms with van der Waals surface area (Å²) in [6.45, 7) is 0.999. The monoisotopic (exact) mass is 325 g/mol. The average molecular weight is 325 g/mol. The third-order valence-electron chi connectivity index (χ3n) is 4.04. The van der Waals surface area contributed by atoms with Crippen molar-refractivity contribution in [2.45, 2.75) is 6.04 Å². The minimum Gasteiger partial charge on any atom is -0.352 e. The molecule has 1 fully saturated rings. The van der Waals surface area contributed by atoms with Gasteiger partial charge in [0, 0.05) is 35.9 Å². The Morgan fingerprint density at radius 1 is 1.26 bits per heavy atom. The number of piperazine rings is 1. The van der Waals surface area contributed by atoms with Crippen molar-refractivity contribution >= 4 is 28.7 Å². The van der Waals surface area contributed by atoms with Crippen LogP contribution in [0.1, 0.15) is 21.3 Å². The first-order valence-electron chi connectivity index (χ1n) is 7.43. The van der Waals surface area contributed by atoms with Gasteiger partial charge in [-0.2, -0.15) is 0 Å². The standard InChI is InChI=1S/C17H15N3O2S/c21-16-15(14-5-3-9-23-14)20(8-6-18-16)17(22)12-10-13-4-1-2-7-19(13)11-12/h1-5,7,9-11,15H,6,8H2,(H,18,21). The fraction of sp³-hybridized carbons (Fsp3) is 0.176. The highest BCUT2D eigenvalue weighted by Crippen LogP contribution is 2.28. The Balaban J connectivity index is 1.71. The third kappa shape index (κ3) is 2.41. The largest absolute Gasteiger partial charge is 0.352 e. The Hall–Kier alpha value is -2.60. The van der Waals surface area contributed by atoms with Gasteiger partial charge in [0.15, 0.2) is 0 Å². The molecule has 23 heavy (non-hydrogen) atoms. The van der Waals surface area contributed by atoms with Gasteiger partial charge in [0.25, 0.3) is 5.91 Å². The highest BCUT2D eigenvalue weighted by molar-refractivity contribution is 7.10. The first-order valence-corrected chi connectivity index (χ1v) is 8.31. The molecule has 3 aromatic heterocycles. The second-order valence-electron chi connectivity index (χ2n) is 5.47. The van der Waals surface area contributed by atoms with E-state index < -0.39 is 6.04 Å². The predicted octanol–water partition coefficient (Wildman–Crippen LogP) is 2.31. The molecule has 0 radical (unpaired) electrons. The van der Waals surface area contributed by atoms with Crippen molar-refractivity contribution in [1.29, 1.82) is 0 Å². The van der Waals surface area contributed by atoms with E-state index >= 15 is 0 Å². The number of pyridine rings is 1. The fourth-order valence-electron chi connectivity index (χ4n) is 2.95. The van der Waals surface area contributed by atoms with Crippen LogP contribution in [0.4, 0.5) is 0 Å². The molecule has 0 aromatic carbocycles. The van der Waals surface area contributed by atoms with Crippen molar-refractivity contribution in [1.82, 2.24) is 14.6 Å². The maximum Gasteiger partial charge on any atom is 0.256 e. The molecule has 4 heterocycles. The van der Waals surface area contributed by atoms with Gasteiger partial charge >= 0.3 is 0 Å². The lowest BCUT2D eigenvalue weighted by molar-refractivity contribution is -0.127. The molecule has 116 valence electrons. The van der Waals surface area contributed by atoms with E-state index in [0.717, 1.165) is 10.4 Å². The van der Waals surface area contributed by atoms with Gasteiger partial charge < -0.3 is 14.6 Å². The molecular weight excluding hydrogens is 310 g/mol. The van der Waals surface area contributed by atoms with Gasteiger partial charge in [-0.3, -0.25) is 9.59 Å². The van der Waals surface area contributed by atoms with Crippen LogP contribution in [0.3, 0.4) is 0 Å². The summed E-state index contributed by atoms with van der Waals surface area (Å²) in [7, 11) is 0. The highest BCUT2D eigenvalue weighted by Gasteiger charge is 2.35. The van der Waals surface area contributed by atoms with E-state index in [9.17, 15) is 9.59 Å². The molecule has 0 aliphatic carbocycles. The summed E-state index contributed by atoms with van der Waals surface area (Å²) in [6, 6.07) is 10.9. The molecule has 2 amide bonds. The molecule has 6 heteroatoms. The van der Waals surface area contributed by atoms with Crippen LogP contribution in [0, 0.1) is 0 Å². The van der Waals surface area contributed by atoms with Crippen molar-refractivity contribution < 1.29 is 9.59 Å². The van der Waals surface area contributed by atoms with Gasteiger partial charge in [-0.25, -0.2) is 0 Å². The zero-order valence-electron chi connectivity index (χ0n) is 12.3. The number of aromatic nitrogens is 1. The molecule has 1 aliphatic heterocycles. The van der Waals surface area contributed by atoms with Gasteiger partial charge in [0.2, 0.25) is 5.91 Å². The summed E-state index contributed by atoms with van der Waals surface area (Å²) in [5.74, 6) is -0.224. The molecule has 1 atom stereocenters. The van der Waals surface area contributed by atoms with E-state index in [1.807, 2.05) is 58.6 Å². The fourth-order valence-corrected chi connectivity index (χ4v) is 3.79. The Bertz CT molecular complexity index is 836. The van der Waals surface area contributed by atoms with E-state index in [-0.39, 0.29) is 11.8 Å². The molecule has 0 spiro atoms. The number of hydrogen-bond donors (Lipinski definition) is 1. The number of hydrogen-bond acceptors (Lipinski definition) is 3. The summed E-state index contributed by atoms with van der Waals surface area (Å²) in [5.41, 5.74) is 1.57. The van der Waals surface area contributed by atoms with Crippen LogP contribution in [-0.4, -0.2) is 34.2 Å². The van der Waals surface area contributed by atoms with Crippen LogP contribution in [0.15, 0.2) is 54.2 Å². The van der Waals surface area contributed by atoms with E-state index in [1.165, 1.54) is 11.3 Å². The SMILES string of the molecule is O=C1NCCN(C(=O)c2cc3ccccn3c2)C1c1cccs1. The lowest BCUT2D eigenvalue weighted by atomic mass is 10.1. The number of thiophene rings is 1. The Labute approximate surface area is 137 Å². The number of amides is 2. The molecule has 5 nitrogen and oxygen atoms in total. The second kappa shape index (κ2) is 5.55. The van der Waals surface area contributed by atoms with Gasteiger partial charge in [-0.1, -0.05) is 12.1 Å². The van der Waals surface area contributed by atoms with Crippen molar-refractivity contribution in [2.24, 2.45) is 0 Å². The summed E-state index contributed by atoms with van der Waals surface area (Å²) in [6.07, 6.45) is 3.72. The average Bonchev–Trinajstić information content (AvgIpc) is 3.23. The van der Waals surface area contributed by atoms with Crippen molar-refractivity contribution in [3.8, 4) is 0 Å². The number of nitrogens with zero attached hydrogens (tertiary/aromatic N) is 2. The molecule has 1 N–H and O–H groups in total. The third-order valence-corrected chi connectivity index (χ3v) is 4.96. The predicted molar refractivity (Wildman–Crippen MR) is 88.5 cm³/mol. The number of fused-ring (bicyclic) bond motifs is 1. The Kier molecular flexibility index (Phi) is 3.38. The van der Waals surface area contributed by atoms with Crippen LogP contribution >= 0.6 is 11.3 Å². The zero-order chi connectivity index (χ0) is 15.8. The lowest BCUT2D eigenvalue weighted by Crippen LogP contribution is -2.51. The topological polar surface area (TPSA) is 53.8 Å². The zero-order valence-corrected chi connectivity index (χ0v) is 13.1. The molecule has 0 saturated carbocycles. The Morgan fingerprint density at radius 2 is 2.17 bits per heavy atom. The lowest BCUT2D eigenvalue weighted by Gasteiger charge is -2.34. The van der Waals surface area contributed by atoms with Crippen LogP contribution in [0.25, 0.3) is 5.52 Å². The van der Waals surface area contributed by atoms with Gasteiger partial charge in [-0.15, -0.1) is 11.3 Å². The van der Waals surface area contributed by atoms with Crippen LogP contribution < -0.4 is 5.32 Å². The number of carbonyl (C=O) groups excluding carboxylic acids is 2. The van der Waals surface area contributed by atoms with Crippen LogP contribution in [-0.2, 0) is 4.79 Å². The quantitative estimate of drug-likeness (QED) is 0.786. The normalized spacial score (nSPS) is 18.2. The maximum absolute atomic E-state index is 13.0. The number of rotatable bonds is 2. The summed E-state index contributed by atoms with van der Waals surface area (Å²) >= 11 is 1.49. The molecular formula is C17H15N3O2S. The Morgan fingerprint density at radius 3 is 2.96 bits per heavy atom. The minimum atomic E-state index is -0.542. The van der Waals surface area contributed by atoms with E-state index in [4.69, 9.17) is 0 Å². The van der Waals surface area contributed by atoms with Crippen molar-refractivity contribution in [3.63, 3.8) is 0 Å². The van der Waals surface area contributed by atoms with E-state index in [0.29, 0.717) is 18.7 Å². The smallest absolute Gasteiger partial charge is 0.256 e. The molecule has 0 bridgehead atoms. The van der Waals surface area contributed by atoms with Crippen molar-refractivity contribution in [2.75, 3.05) is 13.1 Å². The second-order valence-corrected chi connectivity index (χ2v) is 6.45. The van der Waals surface area contributed by atoms with E-state index in [1.54, 1.807) is 4.90 Å². The summed E-state index contributed by atoms with van der Waals surface area (Å²) in [4.78, 5) is 27.8. The van der Waals surface area contributed by atoms with Crippen molar-refractivity contribution in [3.05, 3.63) is 64.6 Å². The van der Waals surface area contributed by atoms with Crippen LogP contribution in [0.2, 0.25) is 0 Å². The first-order chi connectivity index (χ1) is 11.2. The number of nitrogens with one attached hydrogen (secondary N) is 1. The highest BCUT2D eigenvalue weighted by atomic mass is 32.1. The summed E-state index contributed by atoms with van der Waals surface area (Å²) in [5, 5.41) is 4.78. The van der Waals surface area contributed by atoms with Gasteiger partial charge in [0.1, 0.15) is 6.04 Å². The minimum absolute atomic E-state index is 0.109. The molecule has 1 saturated heterocycles. The summed E-state index contributed by atoms with van der Waals surface area (Å²) < 4.78 is 1.91. The first kappa shape index (κ1) is 14.0. The van der Waals surface area contributed by atoms with E-state index in [2.05, 4.69) is 5.32 Å². The van der Waals surface area contributed by atoms with Gasteiger partial charge in [0.05, 0.1) is 5.56 Å². The molecule has 4 rings (SSSR count). The van der Waals surface area contributed by atoms with Gasteiger partial charge in [-0.05, 0) is 29.6 Å². The maximum atomic E-state index is 13.0. The van der Waals surface area contributed by atoms with Crippen LogP contribution in [0.5, 0.6) is 0 Å². The molecule has 3 aromatic rings. The number of carbonyl (C=O) groups is 2. The molecule has 1 aliphatic rings. The molecule has 1 unspecified atom stereocenters.